The van der Waals surface area contributed by atoms with Gasteiger partial charge in [0.25, 0.3) is 5.56 Å². The lowest BCUT2D eigenvalue weighted by molar-refractivity contribution is 0.0977. The fourth-order valence-corrected chi connectivity index (χ4v) is 14.3. The van der Waals surface area contributed by atoms with Gasteiger partial charge in [0.05, 0.1) is 41.5 Å². The van der Waals surface area contributed by atoms with Gasteiger partial charge in [0.1, 0.15) is 69.0 Å². The van der Waals surface area contributed by atoms with Crippen molar-refractivity contribution in [2.24, 2.45) is 0 Å². The maximum absolute atomic E-state index is 12.8. The second kappa shape index (κ2) is 50.1. The van der Waals surface area contributed by atoms with Crippen molar-refractivity contribution in [2.75, 3.05) is 26.6 Å². The first kappa shape index (κ1) is 104. The number of rotatable bonds is 28. The molecule has 35 heteroatoms. The second-order valence-corrected chi connectivity index (χ2v) is 33.3. The minimum atomic E-state index is -0.629. The van der Waals surface area contributed by atoms with Crippen LogP contribution in [0.3, 0.4) is 0 Å². The summed E-state index contributed by atoms with van der Waals surface area (Å²) in [6.07, 6.45) is 2.11. The van der Waals surface area contributed by atoms with Crippen LogP contribution in [-0.2, 0) is 38.8 Å². The van der Waals surface area contributed by atoms with E-state index in [9.17, 15) is 94.8 Å². The number of nitrogens with one attached hydrogen (secondary N) is 6. The first-order valence-corrected chi connectivity index (χ1v) is 45.9. The number of hydrogen-bond donors (Lipinski definition) is 18. The van der Waals surface area contributed by atoms with Gasteiger partial charge in [-0.25, -0.2) is 9.59 Å². The molecule has 0 saturated carbocycles. The average Bonchev–Trinajstić information content (AvgIpc) is 0.829. The van der Waals surface area contributed by atoms with Crippen LogP contribution < -0.4 is 43.5 Å². The number of ketones is 4. The van der Waals surface area contributed by atoms with Crippen LogP contribution in [0, 0.1) is 13.8 Å². The van der Waals surface area contributed by atoms with E-state index in [-0.39, 0.29) is 165 Å². The summed E-state index contributed by atoms with van der Waals surface area (Å²) in [4.78, 5) is 110. The summed E-state index contributed by atoms with van der Waals surface area (Å²) in [5.74, 6) is 1.88. The molecule has 0 bridgehead atoms. The number of aromatic nitrogens is 10. The summed E-state index contributed by atoms with van der Waals surface area (Å²) < 4.78 is 8.34. The predicted molar refractivity (Wildman–Crippen MR) is 563 cm³/mol. The Morgan fingerprint density at radius 1 is 0.302 bits per heavy atom. The minimum absolute atomic E-state index is 0.00611. The molecule has 0 amide bonds. The highest BCUT2D eigenvalue weighted by atomic mass is 16.4. The maximum Gasteiger partial charge on any atom is 0.351 e. The molecule has 19 aromatic rings. The largest absolute Gasteiger partial charge is 0.508 e. The summed E-state index contributed by atoms with van der Waals surface area (Å²) in [6.45, 7) is 4.29. The van der Waals surface area contributed by atoms with Gasteiger partial charge in [0.2, 0.25) is 41.5 Å². The zero-order valence-electron chi connectivity index (χ0n) is 79.6. The molecule has 0 saturated heterocycles. The highest BCUT2D eigenvalue weighted by Gasteiger charge is 2.21. The molecule has 0 aliphatic heterocycles. The van der Waals surface area contributed by atoms with Crippen LogP contribution in [0.5, 0.6) is 69.0 Å². The van der Waals surface area contributed by atoms with E-state index in [2.05, 4.69) is 66.7 Å². The minimum Gasteiger partial charge on any atom is -0.508 e. The van der Waals surface area contributed by atoms with E-state index < -0.39 is 5.69 Å². The van der Waals surface area contributed by atoms with Gasteiger partial charge in [-0.05, 0) is 206 Å². The highest BCUT2D eigenvalue weighted by molar-refractivity contribution is 6.04. The smallest absolute Gasteiger partial charge is 0.351 e. The zero-order valence-corrected chi connectivity index (χ0v) is 79.6. The number of hydrogen-bond acceptors (Lipinski definition) is 32. The molecule has 18 N–H and O–H groups in total. The first-order chi connectivity index (χ1) is 71.9. The molecule has 4 aromatic heterocycles. The first-order valence-electron chi connectivity index (χ1n) is 45.9. The number of aromatic hydroxyl groups is 12. The third kappa shape index (κ3) is 30.2. The number of carbonyl (C=O) groups is 4. The van der Waals surface area contributed by atoms with Crippen molar-refractivity contribution < 1.29 is 84.9 Å². The van der Waals surface area contributed by atoms with Crippen molar-refractivity contribution in [3.63, 3.8) is 0 Å². The van der Waals surface area contributed by atoms with Crippen molar-refractivity contribution in [3.8, 4) is 91.9 Å². The van der Waals surface area contributed by atoms with E-state index in [1.807, 2.05) is 31.2 Å². The predicted octanol–water partition coefficient (Wildman–Crippen LogP) is 19.4. The van der Waals surface area contributed by atoms with E-state index in [4.69, 9.17) is 4.42 Å². The molecule has 0 radical (unpaired) electrons. The van der Waals surface area contributed by atoms with Gasteiger partial charge < -0.3 is 92.3 Å². The van der Waals surface area contributed by atoms with Crippen molar-refractivity contribution in [1.82, 2.24) is 49.2 Å². The van der Waals surface area contributed by atoms with Gasteiger partial charge in [-0.3, -0.25) is 38.1 Å². The number of phenolic OH excluding ortho intramolecular Hbond substituents is 12. The van der Waals surface area contributed by atoms with Gasteiger partial charge >= 0.3 is 11.4 Å². The zero-order chi connectivity index (χ0) is 105. The van der Waals surface area contributed by atoms with Crippen molar-refractivity contribution >= 4 is 81.3 Å². The number of Topliss-reactive ketones (excluding diaryl/α,β-unsaturated/α-hetero) is 4. The number of aromatic amines is 1. The van der Waals surface area contributed by atoms with Crippen LogP contribution in [0.2, 0.25) is 0 Å². The van der Waals surface area contributed by atoms with Crippen molar-refractivity contribution in [3.05, 3.63) is 468 Å². The Labute approximate surface area is 850 Å². The highest BCUT2D eigenvalue weighted by Crippen LogP contribution is 2.34. The van der Waals surface area contributed by atoms with Gasteiger partial charge in [0.15, 0.2) is 23.1 Å². The van der Waals surface area contributed by atoms with Crippen molar-refractivity contribution in [2.45, 2.75) is 52.6 Å². The normalized spacial score (nSPS) is 10.5. The van der Waals surface area contributed by atoms with E-state index in [0.717, 1.165) is 38.9 Å². The third-order valence-corrected chi connectivity index (χ3v) is 22.2. The Kier molecular flexibility index (Phi) is 35.0. The number of para-hydroxylation sites is 12. The molecule has 0 fully saturated rings. The molecule has 35 nitrogen and oxygen atoms in total. The number of carbonyl (C=O) groups excluding carboxylic acids is 4. The second-order valence-electron chi connectivity index (χ2n) is 33.3. The van der Waals surface area contributed by atoms with E-state index in [1.165, 1.54) is 51.6 Å². The lowest BCUT2D eigenvalue weighted by atomic mass is 9.97. The third-order valence-electron chi connectivity index (χ3n) is 22.2. The van der Waals surface area contributed by atoms with Crippen LogP contribution in [0.1, 0.15) is 85.9 Å². The monoisotopic (exact) mass is 2000 g/mol. The fraction of sp³-hybridized carbons (Fsp3) is 0.0702. The summed E-state index contributed by atoms with van der Waals surface area (Å²) >= 11 is 0. The quantitative estimate of drug-likeness (QED) is 0.0160. The number of benzene rings is 15. The summed E-state index contributed by atoms with van der Waals surface area (Å²) in [5, 5.41) is 138. The van der Waals surface area contributed by atoms with Gasteiger partial charge in [-0.1, -0.05) is 200 Å². The SMILES string of the molecule is Cc1ccc(Cn2c(=O)c(C)cn(Cc3ccc(O)cc3)c2=O)cc1.O=C(Cc1ccc(O)cc1)c1cccc(C(=O)Cc2ccc(O)cc2)c1.O=C(Cc1ccccc1O)c1cccc(C(=O)Cc2ccccc2O)c1.O=c1nc(Nc2ccccc2O)nc(Nc2ccccc2O)[nH]1.Oc1ccc(-c2nnc(-c3ccc(O)cc3)o2)cc1.Oc1ccccc1Nc1nc(Nc2ccccc2O)nc(Nc2ccccc2O)n1. The molecule has 149 heavy (non-hydrogen) atoms. The molecule has 19 rings (SSSR count). The van der Waals surface area contributed by atoms with Crippen molar-refractivity contribution in [1.29, 1.82) is 0 Å². The Bertz CT molecular complexity index is 7660. The van der Waals surface area contributed by atoms with Gasteiger partial charge in [0, 0.05) is 82.0 Å². The lowest BCUT2D eigenvalue weighted by Crippen LogP contribution is -2.41. The fourth-order valence-electron chi connectivity index (χ4n) is 14.3. The molecule has 0 atom stereocenters. The molecular formula is C114H97N15O20. The van der Waals surface area contributed by atoms with Crippen LogP contribution >= 0.6 is 0 Å². The molecule has 0 aliphatic carbocycles. The molecule has 4 heterocycles. The van der Waals surface area contributed by atoms with Crippen LogP contribution in [0.25, 0.3) is 22.9 Å². The number of nitrogens with zero attached hydrogens (tertiary/aromatic N) is 9. The van der Waals surface area contributed by atoms with E-state index in [0.29, 0.717) is 85.7 Å². The summed E-state index contributed by atoms with van der Waals surface area (Å²) in [7, 11) is 0. The molecular weight excluding hydrogens is 1900 g/mol. The number of H-pyrrole nitrogens is 1. The Balaban J connectivity index is 0.000000142. The molecule has 0 spiro atoms. The maximum atomic E-state index is 12.8. The summed E-state index contributed by atoms with van der Waals surface area (Å²) in [6, 6.07) is 100. The molecule has 0 unspecified atom stereocenters. The Hall–Kier alpha value is -20.8. The Morgan fingerprint density at radius 2 is 0.597 bits per heavy atom. The standard InChI is InChI=1S/2C22H18O4.C21H18N6O3.C20H20N2O3.C15H13N5O3.C14H10N2O3/c23-19-10-3-1-6-17(19)13-21(25)15-8-5-9-16(12-15)22(26)14-18-7-2-4-11-20(18)24;23-19-8-4-15(5-9-19)12-21(25)17-2-1-3-18(14-17)22(26)13-16-6-10-20(24)11-7-16;28-16-10-4-1-7-13(16)22-19-25-20(23-14-8-2-5-11-17(14)29)27-21(26-19)24-15-9-3-6-12-18(15)30;1-14-3-5-17(6-4-14)13-22-19(24)15(2)11-21(20(22)25)12-16-7-9-18(23)10-8-16;21-11-7-3-1-5-9(11)16-13-18-14(20-15(23)19-13)17-10-6-2-4-8-12(10)22;17-11-5-1-9(2-6-11)13-15-16-14(19-13)10-3-7-12(18)8-4-10/h1-12,23-24H,13-14H2;1-11,14,23-24H,12-13H2;1-12,28-30H,(H3,22,23,24,25,26,27);3-11,23H,12-13H2,1-2H3;1-8,21-22H,(H3,16,17,18,19,20,23);1-8,17-18H. The molecule has 748 valence electrons. The van der Waals surface area contributed by atoms with Crippen LogP contribution in [0.4, 0.5) is 58.2 Å². The summed E-state index contributed by atoms with van der Waals surface area (Å²) in [5.41, 5.74) is 10.1. The Morgan fingerprint density at radius 3 is 0.946 bits per heavy atom. The van der Waals surface area contributed by atoms with Crippen LogP contribution in [0.15, 0.2) is 389 Å². The van der Waals surface area contributed by atoms with E-state index in [1.54, 1.807) is 310 Å². The number of anilines is 10. The van der Waals surface area contributed by atoms with Gasteiger partial charge in [-0.2, -0.15) is 24.9 Å². The number of phenols is 12. The number of aryl methyl sites for hydroxylation is 2. The van der Waals surface area contributed by atoms with Gasteiger partial charge in [-0.15, -0.1) is 10.2 Å². The molecule has 0 aliphatic rings. The topological polar surface area (TPSA) is 551 Å². The van der Waals surface area contributed by atoms with E-state index >= 15 is 0 Å². The average molecular weight is 2000 g/mol. The van der Waals surface area contributed by atoms with Crippen LogP contribution in [-0.4, -0.2) is 134 Å². The molecule has 15 aromatic carbocycles. The lowest BCUT2D eigenvalue weighted by Gasteiger charge is -2.13.